The van der Waals surface area contributed by atoms with Gasteiger partial charge in [0.2, 0.25) is 20.0 Å². The number of hydrogen-bond donors (Lipinski definition) is 2. The number of primary sulfonamides is 1. The third-order valence-corrected chi connectivity index (χ3v) is 5.74. The van der Waals surface area contributed by atoms with E-state index in [4.69, 9.17) is 9.88 Å². The summed E-state index contributed by atoms with van der Waals surface area (Å²) in [6.07, 6.45) is 0. The fourth-order valence-electron chi connectivity index (χ4n) is 2.04. The van der Waals surface area contributed by atoms with Crippen LogP contribution >= 0.6 is 0 Å². The summed E-state index contributed by atoms with van der Waals surface area (Å²) in [6, 6.07) is 8.47. The number of nitrogens with one attached hydrogen (secondary N) is 1. The highest BCUT2D eigenvalue weighted by Crippen LogP contribution is 2.28. The molecule has 0 aliphatic heterocycles. The smallest absolute Gasteiger partial charge is 0.273 e. The number of non-ortho nitro benzene ring substituents is 1. The van der Waals surface area contributed by atoms with Crippen LogP contribution in [0.3, 0.4) is 0 Å². The Morgan fingerprint density at radius 3 is 2.23 bits per heavy atom. The fraction of sp³-hybridized carbons (Fsp3) is 0.143. The number of hydrogen-bond acceptors (Lipinski definition) is 7. The maximum absolute atomic E-state index is 12.4. The van der Waals surface area contributed by atoms with Gasteiger partial charge in [-0.05, 0) is 23.8 Å². The van der Waals surface area contributed by atoms with Crippen LogP contribution in [0.5, 0.6) is 5.75 Å². The topological polar surface area (TPSA) is 159 Å². The Morgan fingerprint density at radius 1 is 1.12 bits per heavy atom. The molecule has 3 N–H and O–H groups in total. The van der Waals surface area contributed by atoms with E-state index in [-0.39, 0.29) is 27.8 Å². The van der Waals surface area contributed by atoms with Gasteiger partial charge in [-0.1, -0.05) is 12.1 Å². The van der Waals surface area contributed by atoms with Crippen molar-refractivity contribution >= 4 is 25.7 Å². The van der Waals surface area contributed by atoms with Crippen LogP contribution in [0.25, 0.3) is 0 Å². The quantitative estimate of drug-likeness (QED) is 0.511. The minimum absolute atomic E-state index is 0.0962. The van der Waals surface area contributed by atoms with Gasteiger partial charge in [0.25, 0.3) is 5.69 Å². The van der Waals surface area contributed by atoms with Gasteiger partial charge < -0.3 is 4.74 Å². The minimum Gasteiger partial charge on any atom is -0.495 e. The number of methoxy groups -OCH3 is 1. The summed E-state index contributed by atoms with van der Waals surface area (Å²) < 4.78 is 54.5. The van der Waals surface area contributed by atoms with Gasteiger partial charge in [-0.15, -0.1) is 0 Å². The number of nitrogens with zero attached hydrogens (tertiary/aromatic N) is 1. The number of rotatable bonds is 7. The molecule has 0 saturated heterocycles. The minimum atomic E-state index is -4.02. The molecule has 12 heteroatoms. The van der Waals surface area contributed by atoms with Crippen molar-refractivity contribution in [3.63, 3.8) is 0 Å². The Hall–Kier alpha value is -2.54. The highest BCUT2D eigenvalue weighted by Gasteiger charge is 2.22. The molecule has 2 rings (SSSR count). The van der Waals surface area contributed by atoms with E-state index in [0.717, 1.165) is 18.2 Å². The second kappa shape index (κ2) is 7.37. The summed E-state index contributed by atoms with van der Waals surface area (Å²) in [7, 11) is -6.66. The lowest BCUT2D eigenvalue weighted by molar-refractivity contribution is -0.385. The van der Waals surface area contributed by atoms with Crippen molar-refractivity contribution in [2.45, 2.75) is 16.3 Å². The number of nitrogens with two attached hydrogens (primary N) is 1. The molecule has 2 aromatic carbocycles. The molecule has 0 spiro atoms. The maximum atomic E-state index is 12.4. The van der Waals surface area contributed by atoms with Crippen LogP contribution in [-0.2, 0) is 26.6 Å². The summed E-state index contributed by atoms with van der Waals surface area (Å²) >= 11 is 0. The van der Waals surface area contributed by atoms with E-state index in [0.29, 0.717) is 5.56 Å². The molecule has 0 aliphatic rings. The average Bonchev–Trinajstić information content (AvgIpc) is 2.59. The van der Waals surface area contributed by atoms with Crippen LogP contribution in [0.1, 0.15) is 5.56 Å². The van der Waals surface area contributed by atoms with Crippen molar-refractivity contribution in [2.24, 2.45) is 5.14 Å². The molecule has 0 aliphatic carbocycles. The van der Waals surface area contributed by atoms with Crippen molar-refractivity contribution < 1.29 is 26.5 Å². The van der Waals surface area contributed by atoms with E-state index in [1.54, 1.807) is 0 Å². The second-order valence-electron chi connectivity index (χ2n) is 5.11. The van der Waals surface area contributed by atoms with Crippen LogP contribution in [-0.4, -0.2) is 28.9 Å². The predicted molar refractivity (Wildman–Crippen MR) is 91.5 cm³/mol. The second-order valence-corrected chi connectivity index (χ2v) is 8.40. The summed E-state index contributed by atoms with van der Waals surface area (Å²) in [5.41, 5.74) is 0.182. The molecular weight excluding hydrogens is 386 g/mol. The average molecular weight is 401 g/mol. The third kappa shape index (κ3) is 4.54. The van der Waals surface area contributed by atoms with Crippen molar-refractivity contribution in [3.05, 3.63) is 58.1 Å². The van der Waals surface area contributed by atoms with Gasteiger partial charge in [-0.3, -0.25) is 10.1 Å². The lowest BCUT2D eigenvalue weighted by atomic mass is 10.2. The van der Waals surface area contributed by atoms with Crippen molar-refractivity contribution in [3.8, 4) is 5.75 Å². The first-order chi connectivity index (χ1) is 12.0. The zero-order chi connectivity index (χ0) is 19.5. The SMILES string of the molecule is COc1cc([N+](=O)[O-])ccc1S(=O)(=O)NCc1ccc(S(N)(=O)=O)cc1. The molecule has 0 atom stereocenters. The Kier molecular flexibility index (Phi) is 5.61. The number of nitro groups is 1. The Bertz CT molecular complexity index is 1030. The summed E-state index contributed by atoms with van der Waals surface area (Å²) in [5, 5.41) is 15.8. The highest BCUT2D eigenvalue weighted by molar-refractivity contribution is 7.89. The zero-order valence-corrected chi connectivity index (χ0v) is 15.1. The number of nitro benzene ring substituents is 1. The predicted octanol–water partition coefficient (Wildman–Crippen LogP) is 0.729. The van der Waals surface area contributed by atoms with Crippen LogP contribution in [0.2, 0.25) is 0 Å². The van der Waals surface area contributed by atoms with E-state index in [9.17, 15) is 26.9 Å². The standard InChI is InChI=1S/C14H15N3O7S2/c1-24-13-8-11(17(18)19)4-7-14(13)26(22,23)16-9-10-2-5-12(6-3-10)25(15,20)21/h2-8,16H,9H2,1H3,(H2,15,20,21). The van der Waals surface area contributed by atoms with Gasteiger partial charge in [0.05, 0.1) is 23.0 Å². The van der Waals surface area contributed by atoms with Gasteiger partial charge in [0.1, 0.15) is 10.6 Å². The lowest BCUT2D eigenvalue weighted by Gasteiger charge is -2.11. The largest absolute Gasteiger partial charge is 0.495 e. The molecule has 26 heavy (non-hydrogen) atoms. The summed E-state index contributed by atoms with van der Waals surface area (Å²) in [6.45, 7) is -0.132. The number of sulfonamides is 2. The molecule has 2 aromatic rings. The van der Waals surface area contributed by atoms with E-state index in [2.05, 4.69) is 4.72 Å². The number of ether oxygens (including phenoxy) is 1. The zero-order valence-electron chi connectivity index (χ0n) is 13.4. The number of benzene rings is 2. The molecule has 0 saturated carbocycles. The van der Waals surface area contributed by atoms with Crippen LogP contribution in [0.15, 0.2) is 52.3 Å². The first-order valence-corrected chi connectivity index (χ1v) is 10.0. The van der Waals surface area contributed by atoms with E-state index in [1.807, 2.05) is 0 Å². The third-order valence-electron chi connectivity index (χ3n) is 3.37. The van der Waals surface area contributed by atoms with Crippen LogP contribution in [0, 0.1) is 10.1 Å². The van der Waals surface area contributed by atoms with E-state index in [1.165, 1.54) is 31.4 Å². The van der Waals surface area contributed by atoms with Gasteiger partial charge >= 0.3 is 0 Å². The Balaban J connectivity index is 2.22. The molecular formula is C14H15N3O7S2. The maximum Gasteiger partial charge on any atom is 0.273 e. The summed E-state index contributed by atoms with van der Waals surface area (Å²) in [5.74, 6) is -0.170. The lowest BCUT2D eigenvalue weighted by Crippen LogP contribution is -2.24. The Labute approximate surface area is 149 Å². The van der Waals surface area contributed by atoms with Gasteiger partial charge in [0, 0.05) is 12.6 Å². The summed E-state index contributed by atoms with van der Waals surface area (Å²) in [4.78, 5) is 9.75. The van der Waals surface area contributed by atoms with Crippen molar-refractivity contribution in [1.29, 1.82) is 0 Å². The molecule has 0 radical (unpaired) electrons. The molecule has 0 unspecified atom stereocenters. The molecule has 10 nitrogen and oxygen atoms in total. The molecule has 0 aromatic heterocycles. The monoisotopic (exact) mass is 401 g/mol. The Morgan fingerprint density at radius 2 is 1.73 bits per heavy atom. The molecule has 0 bridgehead atoms. The van der Waals surface area contributed by atoms with Crippen LogP contribution < -0.4 is 14.6 Å². The first-order valence-electron chi connectivity index (χ1n) is 6.98. The van der Waals surface area contributed by atoms with Gasteiger partial charge in [0.15, 0.2) is 0 Å². The van der Waals surface area contributed by atoms with Gasteiger partial charge in [-0.2, -0.15) is 0 Å². The van der Waals surface area contributed by atoms with E-state index >= 15 is 0 Å². The van der Waals surface area contributed by atoms with Gasteiger partial charge in [-0.25, -0.2) is 26.7 Å². The van der Waals surface area contributed by atoms with E-state index < -0.39 is 25.0 Å². The first kappa shape index (κ1) is 19.8. The van der Waals surface area contributed by atoms with Crippen LogP contribution in [0.4, 0.5) is 5.69 Å². The molecule has 140 valence electrons. The fourth-order valence-corrected chi connectivity index (χ4v) is 3.73. The highest BCUT2D eigenvalue weighted by atomic mass is 32.2. The van der Waals surface area contributed by atoms with Crippen molar-refractivity contribution in [2.75, 3.05) is 7.11 Å². The molecule has 0 heterocycles. The normalized spacial score (nSPS) is 11.9. The molecule has 0 amide bonds. The van der Waals surface area contributed by atoms with Crippen molar-refractivity contribution in [1.82, 2.24) is 4.72 Å². The molecule has 0 fully saturated rings.